The molecule has 1 aromatic heterocycles. The third kappa shape index (κ3) is 2.08. The number of fused-ring (bicyclic) bond motifs is 2. The summed E-state index contributed by atoms with van der Waals surface area (Å²) in [4.78, 5) is 19.5. The van der Waals surface area contributed by atoms with E-state index in [2.05, 4.69) is 34.1 Å². The van der Waals surface area contributed by atoms with Crippen molar-refractivity contribution in [3.63, 3.8) is 0 Å². The van der Waals surface area contributed by atoms with Crippen LogP contribution >= 0.6 is 0 Å². The monoisotopic (exact) mass is 289 g/mol. The Balaban J connectivity index is 1.55. The van der Waals surface area contributed by atoms with E-state index >= 15 is 0 Å². The lowest BCUT2D eigenvalue weighted by Crippen LogP contribution is -2.36. The van der Waals surface area contributed by atoms with Gasteiger partial charge in [0.25, 0.3) is 5.91 Å². The Morgan fingerprint density at radius 3 is 2.95 bits per heavy atom. The molecule has 4 heterocycles. The van der Waals surface area contributed by atoms with Gasteiger partial charge in [-0.15, -0.1) is 0 Å². The quantitative estimate of drug-likeness (QED) is 0.801. The second-order valence-corrected chi connectivity index (χ2v) is 6.82. The Morgan fingerprint density at radius 1 is 1.29 bits per heavy atom. The van der Waals surface area contributed by atoms with E-state index in [0.717, 1.165) is 43.9 Å². The second-order valence-electron chi connectivity index (χ2n) is 6.82. The molecule has 2 saturated heterocycles. The number of carbonyl (C=O) groups excluding carboxylic acids is 1. The van der Waals surface area contributed by atoms with Gasteiger partial charge < -0.3 is 14.7 Å². The summed E-state index contributed by atoms with van der Waals surface area (Å²) >= 11 is 0. The highest BCUT2D eigenvalue weighted by atomic mass is 16.2. The van der Waals surface area contributed by atoms with E-state index < -0.39 is 0 Å². The number of hydrogen-bond acceptors (Lipinski definition) is 4. The van der Waals surface area contributed by atoms with Crippen molar-refractivity contribution >= 4 is 5.91 Å². The van der Waals surface area contributed by atoms with Crippen LogP contribution in [0.5, 0.6) is 0 Å². The fraction of sp³-hybridized carbons (Fsp3) is 0.733. The number of nitrogens with zero attached hydrogens (tertiary/aromatic N) is 4. The van der Waals surface area contributed by atoms with Crippen molar-refractivity contribution in [1.82, 2.24) is 24.9 Å². The first-order chi connectivity index (χ1) is 10.1. The summed E-state index contributed by atoms with van der Waals surface area (Å²) in [5, 5.41) is 7.41. The van der Waals surface area contributed by atoms with E-state index in [1.807, 2.05) is 4.90 Å². The molecule has 0 radical (unpaired) electrons. The van der Waals surface area contributed by atoms with Crippen LogP contribution in [0.4, 0.5) is 0 Å². The number of H-pyrrole nitrogens is 1. The highest BCUT2D eigenvalue weighted by molar-refractivity contribution is 5.94. The van der Waals surface area contributed by atoms with E-state index in [4.69, 9.17) is 0 Å². The minimum absolute atomic E-state index is 0.116. The van der Waals surface area contributed by atoms with Crippen molar-refractivity contribution < 1.29 is 4.79 Å². The summed E-state index contributed by atoms with van der Waals surface area (Å²) in [6.45, 7) is 4.78. The lowest BCUT2D eigenvalue weighted by molar-refractivity contribution is 0.0766. The molecule has 0 aliphatic carbocycles. The molecule has 21 heavy (non-hydrogen) atoms. The average Bonchev–Trinajstić information content (AvgIpc) is 3.14. The molecule has 1 aromatic rings. The molecule has 6 nitrogen and oxygen atoms in total. The normalized spacial score (nSPS) is 29.7. The molecule has 0 aromatic carbocycles. The summed E-state index contributed by atoms with van der Waals surface area (Å²) in [6.07, 6.45) is 2.17. The first-order valence-corrected chi connectivity index (χ1v) is 7.87. The molecule has 1 N–H and O–H groups in total. The van der Waals surface area contributed by atoms with Crippen molar-refractivity contribution in [2.45, 2.75) is 25.4 Å². The molecular formula is C15H23N5O. The highest BCUT2D eigenvalue weighted by Gasteiger charge is 2.42. The Bertz CT molecular complexity index is 568. The van der Waals surface area contributed by atoms with Crippen molar-refractivity contribution in [3.8, 4) is 0 Å². The van der Waals surface area contributed by atoms with Gasteiger partial charge in [0.15, 0.2) is 5.69 Å². The topological polar surface area (TPSA) is 55.5 Å². The van der Waals surface area contributed by atoms with E-state index in [-0.39, 0.29) is 5.91 Å². The smallest absolute Gasteiger partial charge is 0.274 e. The summed E-state index contributed by atoms with van der Waals surface area (Å²) in [6, 6.07) is 0.548. The van der Waals surface area contributed by atoms with Crippen molar-refractivity contribution in [1.29, 1.82) is 0 Å². The minimum atomic E-state index is 0.116. The maximum absolute atomic E-state index is 12.8. The van der Waals surface area contributed by atoms with Crippen LogP contribution in [-0.2, 0) is 13.0 Å². The van der Waals surface area contributed by atoms with Gasteiger partial charge in [0.2, 0.25) is 0 Å². The third-order valence-corrected chi connectivity index (χ3v) is 5.44. The van der Waals surface area contributed by atoms with Crippen molar-refractivity contribution in [2.24, 2.45) is 5.92 Å². The highest BCUT2D eigenvalue weighted by Crippen LogP contribution is 2.31. The van der Waals surface area contributed by atoms with Gasteiger partial charge in [-0.1, -0.05) is 0 Å². The van der Waals surface area contributed by atoms with Gasteiger partial charge in [0, 0.05) is 49.9 Å². The van der Waals surface area contributed by atoms with E-state index in [1.165, 1.54) is 13.0 Å². The maximum atomic E-state index is 12.8. The van der Waals surface area contributed by atoms with Gasteiger partial charge in [-0.25, -0.2) is 0 Å². The lowest BCUT2D eigenvalue weighted by atomic mass is 10.0. The average molecular weight is 289 g/mol. The number of nitrogens with one attached hydrogen (secondary N) is 1. The number of amides is 1. The van der Waals surface area contributed by atoms with Gasteiger partial charge in [-0.05, 0) is 33.0 Å². The predicted octanol–water partition coefficient (Wildman–Crippen LogP) is 0.174. The van der Waals surface area contributed by atoms with Gasteiger partial charge in [-0.2, -0.15) is 5.10 Å². The molecular weight excluding hydrogens is 266 g/mol. The molecule has 6 heteroatoms. The Kier molecular flexibility index (Phi) is 3.04. The predicted molar refractivity (Wildman–Crippen MR) is 79.1 cm³/mol. The molecule has 3 aliphatic rings. The molecule has 114 valence electrons. The van der Waals surface area contributed by atoms with Gasteiger partial charge in [0.05, 0.1) is 0 Å². The molecule has 0 bridgehead atoms. The van der Waals surface area contributed by atoms with E-state index in [0.29, 0.717) is 17.7 Å². The summed E-state index contributed by atoms with van der Waals surface area (Å²) < 4.78 is 0. The van der Waals surface area contributed by atoms with Crippen LogP contribution in [0.3, 0.4) is 0 Å². The minimum Gasteiger partial charge on any atom is -0.335 e. The molecule has 2 fully saturated rings. The van der Waals surface area contributed by atoms with E-state index in [1.54, 1.807) is 0 Å². The number of carbonyl (C=O) groups is 1. The van der Waals surface area contributed by atoms with Crippen molar-refractivity contribution in [2.75, 3.05) is 40.3 Å². The van der Waals surface area contributed by atoms with Gasteiger partial charge in [-0.3, -0.25) is 9.89 Å². The Morgan fingerprint density at radius 2 is 2.14 bits per heavy atom. The molecule has 3 aliphatic heterocycles. The number of aromatic amines is 1. The standard InChI is InChI=1S/C15H23N5O/c1-18-5-4-12-11(8-18)14(17-16-12)15(21)20-7-10-3-6-19(2)13(10)9-20/h10,13H,3-9H2,1-2H3,(H,16,17)/t10-,13+/m0/s1. The van der Waals surface area contributed by atoms with Crippen LogP contribution < -0.4 is 0 Å². The first-order valence-electron chi connectivity index (χ1n) is 7.87. The fourth-order valence-corrected chi connectivity index (χ4v) is 4.09. The lowest BCUT2D eigenvalue weighted by Gasteiger charge is -2.24. The molecule has 4 rings (SSSR count). The summed E-state index contributed by atoms with van der Waals surface area (Å²) in [5.41, 5.74) is 2.91. The van der Waals surface area contributed by atoms with Gasteiger partial charge >= 0.3 is 0 Å². The largest absolute Gasteiger partial charge is 0.335 e. The molecule has 2 atom stereocenters. The second kappa shape index (κ2) is 4.81. The zero-order valence-corrected chi connectivity index (χ0v) is 12.8. The number of hydrogen-bond donors (Lipinski definition) is 1. The molecule has 0 saturated carbocycles. The summed E-state index contributed by atoms with van der Waals surface area (Å²) in [7, 11) is 4.27. The number of likely N-dealkylation sites (N-methyl/N-ethyl adjacent to an activating group) is 2. The van der Waals surface area contributed by atoms with Crippen LogP contribution in [-0.4, -0.2) is 77.1 Å². The first kappa shape index (κ1) is 13.3. The van der Waals surface area contributed by atoms with Crippen LogP contribution in [0.1, 0.15) is 28.2 Å². The number of rotatable bonds is 1. The Labute approximate surface area is 125 Å². The van der Waals surface area contributed by atoms with Crippen LogP contribution in [0, 0.1) is 5.92 Å². The van der Waals surface area contributed by atoms with Crippen LogP contribution in [0.2, 0.25) is 0 Å². The molecule has 0 unspecified atom stereocenters. The van der Waals surface area contributed by atoms with Crippen molar-refractivity contribution in [3.05, 3.63) is 17.0 Å². The van der Waals surface area contributed by atoms with Gasteiger partial charge in [0.1, 0.15) is 0 Å². The third-order valence-electron chi connectivity index (χ3n) is 5.44. The summed E-state index contributed by atoms with van der Waals surface area (Å²) in [5.74, 6) is 0.766. The van der Waals surface area contributed by atoms with Crippen LogP contribution in [0.25, 0.3) is 0 Å². The zero-order valence-electron chi connectivity index (χ0n) is 12.8. The number of likely N-dealkylation sites (tertiary alicyclic amines) is 2. The zero-order chi connectivity index (χ0) is 14.6. The maximum Gasteiger partial charge on any atom is 0.274 e. The van der Waals surface area contributed by atoms with E-state index in [9.17, 15) is 4.79 Å². The Hall–Kier alpha value is -1.40. The fourth-order valence-electron chi connectivity index (χ4n) is 4.09. The number of aromatic nitrogens is 2. The SMILES string of the molecule is CN1CCc2[nH]nc(C(=O)N3C[C@@H]4CCN(C)[C@@H]4C3)c2C1. The van der Waals surface area contributed by atoms with Crippen LogP contribution in [0.15, 0.2) is 0 Å². The molecule has 1 amide bonds. The molecule has 0 spiro atoms.